The average Bonchev–Trinajstić information content (AvgIpc) is 2.29. The van der Waals surface area contributed by atoms with Gasteiger partial charge in [-0.3, -0.25) is 0 Å². The highest BCUT2D eigenvalue weighted by atomic mass is 16.2. The van der Waals surface area contributed by atoms with Gasteiger partial charge in [0.1, 0.15) is 0 Å². The van der Waals surface area contributed by atoms with Crippen molar-refractivity contribution in [2.24, 2.45) is 5.92 Å². The summed E-state index contributed by atoms with van der Waals surface area (Å²) in [5, 5.41) is 0. The monoisotopic (exact) mass is 214 g/mol. The van der Waals surface area contributed by atoms with Gasteiger partial charge in [0.25, 0.3) is 0 Å². The molecule has 90 valence electrons. The Hall–Kier alpha value is -0.730. The maximum Gasteiger partial charge on any atom is 0.319 e. The van der Waals surface area contributed by atoms with E-state index in [0.29, 0.717) is 5.92 Å². The molecule has 0 radical (unpaired) electrons. The zero-order valence-corrected chi connectivity index (χ0v) is 10.9. The van der Waals surface area contributed by atoms with Crippen molar-refractivity contribution < 1.29 is 4.79 Å². The Morgan fingerprint density at radius 2 is 1.60 bits per heavy atom. The molecule has 0 aromatic carbocycles. The fourth-order valence-electron chi connectivity index (χ4n) is 1.58. The van der Waals surface area contributed by atoms with Gasteiger partial charge in [-0.05, 0) is 19.8 Å². The minimum atomic E-state index is 0.159. The third-order valence-corrected chi connectivity index (χ3v) is 3.09. The molecule has 0 atom stereocenters. The van der Waals surface area contributed by atoms with Crippen molar-refractivity contribution in [3.63, 3.8) is 0 Å². The van der Waals surface area contributed by atoms with Crippen molar-refractivity contribution in [1.82, 2.24) is 9.80 Å². The fraction of sp³-hybridized carbons (Fsp3) is 0.917. The van der Waals surface area contributed by atoms with Crippen LogP contribution < -0.4 is 0 Å². The Bertz CT molecular complexity index is 178. The van der Waals surface area contributed by atoms with Crippen LogP contribution in [0.25, 0.3) is 0 Å². The maximum atomic E-state index is 11.9. The predicted molar refractivity (Wildman–Crippen MR) is 65.0 cm³/mol. The van der Waals surface area contributed by atoms with E-state index in [1.165, 1.54) is 0 Å². The average molecular weight is 214 g/mol. The van der Waals surface area contributed by atoms with Crippen LogP contribution in [0.1, 0.15) is 40.5 Å². The summed E-state index contributed by atoms with van der Waals surface area (Å²) in [6, 6.07) is 0.159. The first kappa shape index (κ1) is 14.3. The van der Waals surface area contributed by atoms with Gasteiger partial charge in [0, 0.05) is 26.7 Å². The van der Waals surface area contributed by atoms with E-state index in [4.69, 9.17) is 0 Å². The molecule has 0 aromatic rings. The number of carbonyl (C=O) groups is 1. The lowest BCUT2D eigenvalue weighted by Crippen LogP contribution is -2.43. The molecule has 3 nitrogen and oxygen atoms in total. The van der Waals surface area contributed by atoms with Crippen LogP contribution in [-0.4, -0.2) is 42.5 Å². The Labute approximate surface area is 94.4 Å². The van der Waals surface area contributed by atoms with Gasteiger partial charge in [-0.15, -0.1) is 0 Å². The molecule has 2 amide bonds. The molecule has 0 spiro atoms. The second-order valence-corrected chi connectivity index (χ2v) is 4.02. The van der Waals surface area contributed by atoms with E-state index in [1.54, 1.807) is 4.90 Å². The standard InChI is InChI=1S/C12H26N2O/c1-6-11(7-2)10-14(9-4)12(15)13(5)8-3/h11H,6-10H2,1-5H3. The molecule has 0 bridgehead atoms. The van der Waals surface area contributed by atoms with Crippen molar-refractivity contribution in [2.75, 3.05) is 26.7 Å². The first-order valence-corrected chi connectivity index (χ1v) is 6.10. The first-order valence-electron chi connectivity index (χ1n) is 6.10. The lowest BCUT2D eigenvalue weighted by Gasteiger charge is -2.29. The molecule has 0 saturated heterocycles. The zero-order valence-electron chi connectivity index (χ0n) is 10.9. The van der Waals surface area contributed by atoms with Gasteiger partial charge in [-0.25, -0.2) is 4.79 Å². The number of hydrogen-bond donors (Lipinski definition) is 0. The van der Waals surface area contributed by atoms with Crippen LogP contribution >= 0.6 is 0 Å². The van der Waals surface area contributed by atoms with Gasteiger partial charge in [0.05, 0.1) is 0 Å². The van der Waals surface area contributed by atoms with Crippen molar-refractivity contribution in [2.45, 2.75) is 40.5 Å². The molecule has 3 heteroatoms. The van der Waals surface area contributed by atoms with Gasteiger partial charge in [0.15, 0.2) is 0 Å². The van der Waals surface area contributed by atoms with E-state index in [9.17, 15) is 4.79 Å². The van der Waals surface area contributed by atoms with Gasteiger partial charge in [-0.1, -0.05) is 26.7 Å². The summed E-state index contributed by atoms with van der Waals surface area (Å²) in [6.45, 7) is 10.9. The summed E-state index contributed by atoms with van der Waals surface area (Å²) in [5.74, 6) is 0.638. The predicted octanol–water partition coefficient (Wildman–Crippen LogP) is 2.82. The van der Waals surface area contributed by atoms with Crippen molar-refractivity contribution in [3.8, 4) is 0 Å². The molecular weight excluding hydrogens is 188 g/mol. The topological polar surface area (TPSA) is 23.6 Å². The molecule has 0 aliphatic rings. The van der Waals surface area contributed by atoms with Gasteiger partial charge in [-0.2, -0.15) is 0 Å². The quantitative estimate of drug-likeness (QED) is 0.667. The van der Waals surface area contributed by atoms with E-state index in [-0.39, 0.29) is 6.03 Å². The minimum Gasteiger partial charge on any atom is -0.328 e. The van der Waals surface area contributed by atoms with Crippen LogP contribution in [0.15, 0.2) is 0 Å². The van der Waals surface area contributed by atoms with Crippen LogP contribution in [-0.2, 0) is 0 Å². The Morgan fingerprint density at radius 1 is 1.07 bits per heavy atom. The second-order valence-electron chi connectivity index (χ2n) is 4.02. The molecule has 0 aromatic heterocycles. The van der Waals surface area contributed by atoms with Crippen LogP contribution in [0.2, 0.25) is 0 Å². The molecular formula is C12H26N2O. The van der Waals surface area contributed by atoms with Crippen LogP contribution in [0.4, 0.5) is 4.79 Å². The number of urea groups is 1. The van der Waals surface area contributed by atoms with E-state index in [0.717, 1.165) is 32.5 Å². The molecule has 0 saturated carbocycles. The summed E-state index contributed by atoms with van der Waals surface area (Å²) in [5.41, 5.74) is 0. The van der Waals surface area contributed by atoms with E-state index in [1.807, 2.05) is 25.8 Å². The van der Waals surface area contributed by atoms with Crippen molar-refractivity contribution in [3.05, 3.63) is 0 Å². The summed E-state index contributed by atoms with van der Waals surface area (Å²) < 4.78 is 0. The Kier molecular flexibility index (Phi) is 7.18. The maximum absolute atomic E-state index is 11.9. The number of hydrogen-bond acceptors (Lipinski definition) is 1. The highest BCUT2D eigenvalue weighted by Gasteiger charge is 2.17. The zero-order chi connectivity index (χ0) is 11.8. The molecule has 0 aliphatic carbocycles. The fourth-order valence-corrected chi connectivity index (χ4v) is 1.58. The highest BCUT2D eigenvalue weighted by Crippen LogP contribution is 2.11. The molecule has 0 unspecified atom stereocenters. The van der Waals surface area contributed by atoms with Crippen LogP contribution in [0.5, 0.6) is 0 Å². The summed E-state index contributed by atoms with van der Waals surface area (Å²) in [4.78, 5) is 15.6. The Morgan fingerprint density at radius 3 is 1.93 bits per heavy atom. The van der Waals surface area contributed by atoms with E-state index < -0.39 is 0 Å². The molecule has 0 fully saturated rings. The summed E-state index contributed by atoms with van der Waals surface area (Å²) in [6.07, 6.45) is 2.30. The van der Waals surface area contributed by atoms with Crippen LogP contribution in [0.3, 0.4) is 0 Å². The molecule has 0 N–H and O–H groups in total. The lowest BCUT2D eigenvalue weighted by molar-refractivity contribution is 0.157. The summed E-state index contributed by atoms with van der Waals surface area (Å²) >= 11 is 0. The molecule has 15 heavy (non-hydrogen) atoms. The number of nitrogens with zero attached hydrogens (tertiary/aromatic N) is 2. The number of carbonyl (C=O) groups excluding carboxylic acids is 1. The lowest BCUT2D eigenvalue weighted by atomic mass is 10.0. The molecule has 0 rings (SSSR count). The highest BCUT2D eigenvalue weighted by molar-refractivity contribution is 5.74. The van der Waals surface area contributed by atoms with Crippen molar-refractivity contribution in [1.29, 1.82) is 0 Å². The van der Waals surface area contributed by atoms with Crippen molar-refractivity contribution >= 4 is 6.03 Å². The minimum absolute atomic E-state index is 0.159. The van der Waals surface area contributed by atoms with Crippen LogP contribution in [0, 0.1) is 5.92 Å². The van der Waals surface area contributed by atoms with E-state index in [2.05, 4.69) is 13.8 Å². The van der Waals surface area contributed by atoms with Gasteiger partial charge >= 0.3 is 6.03 Å². The van der Waals surface area contributed by atoms with E-state index >= 15 is 0 Å². The largest absolute Gasteiger partial charge is 0.328 e. The molecule has 0 aliphatic heterocycles. The molecule has 0 heterocycles. The SMILES string of the molecule is CCC(CC)CN(CC)C(=O)N(C)CC. The van der Waals surface area contributed by atoms with Gasteiger partial charge in [0.2, 0.25) is 0 Å². The third-order valence-electron chi connectivity index (χ3n) is 3.09. The number of rotatable bonds is 6. The third kappa shape index (κ3) is 4.54. The van der Waals surface area contributed by atoms with Gasteiger partial charge < -0.3 is 9.80 Å². The normalized spacial score (nSPS) is 10.5. The first-order chi connectivity index (χ1) is 7.10. The summed E-state index contributed by atoms with van der Waals surface area (Å²) in [7, 11) is 1.86. The second kappa shape index (κ2) is 7.55. The smallest absolute Gasteiger partial charge is 0.319 e. The number of amides is 2. The Balaban J connectivity index is 4.28.